The molecule has 0 spiro atoms. The molecule has 0 unspecified atom stereocenters. The number of rotatable bonds is 7. The molecule has 0 bridgehead atoms. The molecule has 0 saturated carbocycles. The van der Waals surface area contributed by atoms with Crippen molar-refractivity contribution >= 4 is 17.9 Å². The average Bonchev–Trinajstić information content (AvgIpc) is 2.52. The van der Waals surface area contributed by atoms with Crippen LogP contribution in [0.4, 0.5) is 4.79 Å². The zero-order valence-corrected chi connectivity index (χ0v) is 14.4. The van der Waals surface area contributed by atoms with Gasteiger partial charge in [0.2, 0.25) is 0 Å². The third kappa shape index (κ3) is 6.68. The maximum Gasteiger partial charge on any atom is 0.348 e. The van der Waals surface area contributed by atoms with Gasteiger partial charge in [0.25, 0.3) is 5.91 Å². The van der Waals surface area contributed by atoms with Gasteiger partial charge in [0.05, 0.1) is 0 Å². The zero-order valence-electron chi connectivity index (χ0n) is 14.4. The number of urea groups is 1. The first-order valence-corrected chi connectivity index (χ1v) is 7.87. The maximum atomic E-state index is 12.1. The summed E-state index contributed by atoms with van der Waals surface area (Å²) in [6.07, 6.45) is -1.55. The Morgan fingerprint density at radius 2 is 1.71 bits per heavy atom. The van der Waals surface area contributed by atoms with Crippen LogP contribution < -0.4 is 15.4 Å². The number of carbonyl (C=O) groups is 3. The molecule has 1 aromatic carbocycles. The number of hydrogen-bond donors (Lipinski definition) is 2. The molecule has 0 aliphatic rings. The van der Waals surface area contributed by atoms with Crippen molar-refractivity contribution in [2.24, 2.45) is 0 Å². The van der Waals surface area contributed by atoms with Crippen LogP contribution in [0.1, 0.15) is 34.1 Å². The van der Waals surface area contributed by atoms with Gasteiger partial charge >= 0.3 is 12.0 Å². The van der Waals surface area contributed by atoms with Gasteiger partial charge in [-0.15, -0.1) is 0 Å². The standard InChI is InChI=1S/C17H24N2O5/c1-5-14(24-13-9-7-6-8-10-13)16(21)23-12(4)15(20)19-17(22)18-11(2)3/h6-12,14H,5H2,1-4H3,(H2,18,19,20,22)/t12-,14+/m0/s1. The van der Waals surface area contributed by atoms with Crippen LogP contribution in [0.25, 0.3) is 0 Å². The Labute approximate surface area is 141 Å². The fraction of sp³-hybridized carbons (Fsp3) is 0.471. The Hall–Kier alpha value is -2.57. The fourth-order valence-electron chi connectivity index (χ4n) is 1.78. The minimum atomic E-state index is -1.11. The first kappa shape index (κ1) is 19.5. The lowest BCUT2D eigenvalue weighted by Crippen LogP contribution is -2.47. The normalized spacial score (nSPS) is 12.9. The SMILES string of the molecule is CC[C@@H](Oc1ccccc1)C(=O)O[C@@H](C)C(=O)NC(=O)NC(C)C. The second-order valence-electron chi connectivity index (χ2n) is 5.52. The van der Waals surface area contributed by atoms with Crippen LogP contribution in [0.2, 0.25) is 0 Å². The van der Waals surface area contributed by atoms with Crippen LogP contribution in [0.3, 0.4) is 0 Å². The van der Waals surface area contributed by atoms with E-state index in [-0.39, 0.29) is 6.04 Å². The highest BCUT2D eigenvalue weighted by Gasteiger charge is 2.26. The Bertz CT molecular complexity index is 559. The monoisotopic (exact) mass is 336 g/mol. The summed E-state index contributed by atoms with van der Waals surface area (Å²) in [6, 6.07) is 8.11. The molecule has 24 heavy (non-hydrogen) atoms. The molecule has 0 heterocycles. The molecule has 132 valence electrons. The highest BCUT2D eigenvalue weighted by Crippen LogP contribution is 2.14. The van der Waals surface area contributed by atoms with Crippen LogP contribution in [0, 0.1) is 0 Å². The van der Waals surface area contributed by atoms with E-state index in [0.717, 1.165) is 0 Å². The number of para-hydroxylation sites is 1. The molecule has 0 aliphatic heterocycles. The minimum absolute atomic E-state index is 0.112. The first-order valence-electron chi connectivity index (χ1n) is 7.87. The van der Waals surface area contributed by atoms with Crippen LogP contribution in [0.5, 0.6) is 5.75 Å². The summed E-state index contributed by atoms with van der Waals surface area (Å²) < 4.78 is 10.6. The lowest BCUT2D eigenvalue weighted by Gasteiger charge is -2.19. The van der Waals surface area contributed by atoms with Crippen molar-refractivity contribution in [3.63, 3.8) is 0 Å². The van der Waals surface area contributed by atoms with Crippen molar-refractivity contribution in [3.8, 4) is 5.75 Å². The topological polar surface area (TPSA) is 93.7 Å². The summed E-state index contributed by atoms with van der Waals surface area (Å²) in [5.41, 5.74) is 0. The van der Waals surface area contributed by atoms with E-state index in [2.05, 4.69) is 10.6 Å². The summed E-state index contributed by atoms with van der Waals surface area (Å²) in [4.78, 5) is 35.5. The van der Waals surface area contributed by atoms with Crippen molar-refractivity contribution in [2.75, 3.05) is 0 Å². The average molecular weight is 336 g/mol. The number of nitrogens with one attached hydrogen (secondary N) is 2. The quantitative estimate of drug-likeness (QED) is 0.743. The molecule has 2 N–H and O–H groups in total. The molecule has 1 aromatic rings. The Morgan fingerprint density at radius 1 is 1.08 bits per heavy atom. The first-order chi connectivity index (χ1) is 11.3. The summed E-state index contributed by atoms with van der Waals surface area (Å²) >= 11 is 0. The number of benzene rings is 1. The second-order valence-corrected chi connectivity index (χ2v) is 5.52. The molecule has 0 fully saturated rings. The van der Waals surface area contributed by atoms with Crippen LogP contribution in [0.15, 0.2) is 30.3 Å². The molecule has 7 nitrogen and oxygen atoms in total. The van der Waals surface area contributed by atoms with E-state index in [1.165, 1.54) is 6.92 Å². The lowest BCUT2D eigenvalue weighted by molar-refractivity contribution is -0.161. The predicted octanol–water partition coefficient (Wildman–Crippen LogP) is 2.01. The lowest BCUT2D eigenvalue weighted by atomic mass is 10.2. The van der Waals surface area contributed by atoms with Crippen molar-refractivity contribution in [1.82, 2.24) is 10.6 Å². The van der Waals surface area contributed by atoms with E-state index in [1.807, 2.05) is 6.07 Å². The summed E-state index contributed by atoms with van der Waals surface area (Å²) in [7, 11) is 0. The molecule has 3 amide bonds. The van der Waals surface area contributed by atoms with Gasteiger partial charge in [0.1, 0.15) is 5.75 Å². The van der Waals surface area contributed by atoms with E-state index in [9.17, 15) is 14.4 Å². The summed E-state index contributed by atoms with van der Waals surface area (Å²) in [5.74, 6) is -0.820. The molecule has 0 radical (unpaired) electrons. The van der Waals surface area contributed by atoms with E-state index in [1.54, 1.807) is 45.0 Å². The van der Waals surface area contributed by atoms with Gasteiger partial charge in [-0.05, 0) is 39.3 Å². The summed E-state index contributed by atoms with van der Waals surface area (Å²) in [6.45, 7) is 6.70. The number of imide groups is 1. The largest absolute Gasteiger partial charge is 0.479 e. The molecule has 2 atom stereocenters. The summed E-state index contributed by atoms with van der Waals surface area (Å²) in [5, 5.41) is 4.63. The number of hydrogen-bond acceptors (Lipinski definition) is 5. The third-order valence-electron chi connectivity index (χ3n) is 2.97. The van der Waals surface area contributed by atoms with E-state index < -0.39 is 30.1 Å². The van der Waals surface area contributed by atoms with E-state index in [4.69, 9.17) is 9.47 Å². The highest BCUT2D eigenvalue weighted by atomic mass is 16.6. The second kappa shape index (κ2) is 9.54. The van der Waals surface area contributed by atoms with E-state index >= 15 is 0 Å². The van der Waals surface area contributed by atoms with Gasteiger partial charge in [-0.3, -0.25) is 10.1 Å². The highest BCUT2D eigenvalue weighted by molar-refractivity contribution is 5.97. The maximum absolute atomic E-state index is 12.1. The van der Waals surface area contributed by atoms with Crippen molar-refractivity contribution in [3.05, 3.63) is 30.3 Å². The Balaban J connectivity index is 2.54. The zero-order chi connectivity index (χ0) is 18.1. The van der Waals surface area contributed by atoms with Gasteiger partial charge in [-0.25, -0.2) is 9.59 Å². The Kier molecular flexibility index (Phi) is 7.74. The van der Waals surface area contributed by atoms with Crippen LogP contribution in [-0.2, 0) is 14.3 Å². The van der Waals surface area contributed by atoms with Crippen LogP contribution in [-0.4, -0.2) is 36.2 Å². The number of ether oxygens (including phenoxy) is 2. The fourth-order valence-corrected chi connectivity index (χ4v) is 1.78. The Morgan fingerprint density at radius 3 is 2.25 bits per heavy atom. The minimum Gasteiger partial charge on any atom is -0.479 e. The molecule has 7 heteroatoms. The number of amides is 3. The predicted molar refractivity (Wildman–Crippen MR) is 88.5 cm³/mol. The molecule has 0 aromatic heterocycles. The number of esters is 1. The third-order valence-corrected chi connectivity index (χ3v) is 2.97. The van der Waals surface area contributed by atoms with Gasteiger partial charge in [0, 0.05) is 6.04 Å². The van der Waals surface area contributed by atoms with Gasteiger partial charge in [-0.2, -0.15) is 0 Å². The van der Waals surface area contributed by atoms with E-state index in [0.29, 0.717) is 12.2 Å². The number of carbonyl (C=O) groups excluding carboxylic acids is 3. The van der Waals surface area contributed by atoms with Gasteiger partial charge in [-0.1, -0.05) is 25.1 Å². The molecular formula is C17H24N2O5. The van der Waals surface area contributed by atoms with Gasteiger partial charge in [0.15, 0.2) is 12.2 Å². The molecule has 1 rings (SSSR count). The smallest absolute Gasteiger partial charge is 0.348 e. The van der Waals surface area contributed by atoms with Crippen molar-refractivity contribution in [1.29, 1.82) is 0 Å². The van der Waals surface area contributed by atoms with Gasteiger partial charge < -0.3 is 14.8 Å². The molecule has 0 aliphatic carbocycles. The molecule has 0 saturated heterocycles. The van der Waals surface area contributed by atoms with Crippen molar-refractivity contribution < 1.29 is 23.9 Å². The van der Waals surface area contributed by atoms with Crippen molar-refractivity contribution in [2.45, 2.75) is 52.4 Å². The molecular weight excluding hydrogens is 312 g/mol. The van der Waals surface area contributed by atoms with Crippen LogP contribution >= 0.6 is 0 Å².